The summed E-state index contributed by atoms with van der Waals surface area (Å²) in [4.78, 5) is 13.6. The summed E-state index contributed by atoms with van der Waals surface area (Å²) in [5.74, 6) is 0. The zero-order valence-electron chi connectivity index (χ0n) is 25.5. The first kappa shape index (κ1) is 25.6. The molecule has 4 aromatic heterocycles. The molecular formula is C43H24N2O3. The van der Waals surface area contributed by atoms with Crippen molar-refractivity contribution in [1.82, 2.24) is 9.13 Å². The first-order valence-electron chi connectivity index (χ1n) is 16.1. The van der Waals surface area contributed by atoms with Gasteiger partial charge in [-0.25, -0.2) is 0 Å². The lowest BCUT2D eigenvalue weighted by atomic mass is 10.1. The van der Waals surface area contributed by atoms with Crippen molar-refractivity contribution in [1.29, 1.82) is 0 Å². The van der Waals surface area contributed by atoms with Gasteiger partial charge in [-0.05, 0) is 54.6 Å². The van der Waals surface area contributed by atoms with Gasteiger partial charge >= 0.3 is 0 Å². The van der Waals surface area contributed by atoms with Gasteiger partial charge in [0.15, 0.2) is 0 Å². The number of rotatable bonds is 2. The maximum Gasteiger partial charge on any atom is 0.200 e. The lowest BCUT2D eigenvalue weighted by molar-refractivity contribution is 0.657. The van der Waals surface area contributed by atoms with E-state index in [9.17, 15) is 4.79 Å². The van der Waals surface area contributed by atoms with E-state index in [4.69, 9.17) is 8.83 Å². The van der Waals surface area contributed by atoms with Crippen LogP contribution in [-0.4, -0.2) is 9.13 Å². The van der Waals surface area contributed by atoms with Crippen LogP contribution in [0, 0.1) is 0 Å². The van der Waals surface area contributed by atoms with Gasteiger partial charge in [0.05, 0.1) is 44.2 Å². The molecule has 0 aliphatic heterocycles. The molecule has 7 aromatic carbocycles. The van der Waals surface area contributed by atoms with Crippen LogP contribution in [0.1, 0.15) is 0 Å². The summed E-state index contributed by atoms with van der Waals surface area (Å²) < 4.78 is 17.7. The van der Waals surface area contributed by atoms with Crippen molar-refractivity contribution in [3.63, 3.8) is 0 Å². The SMILES string of the molecule is O=c1c2ccccc2oc2cc3c(cc12)oc1cc(-n2c4ccccc4c4ccccc42)c(-n2c4ccccc4c4ccccc42)cc13. The van der Waals surface area contributed by atoms with Gasteiger partial charge in [0.2, 0.25) is 5.43 Å². The first-order chi connectivity index (χ1) is 23.7. The van der Waals surface area contributed by atoms with Crippen molar-refractivity contribution >= 4 is 87.5 Å². The molecule has 0 saturated carbocycles. The average molecular weight is 617 g/mol. The fourth-order valence-corrected chi connectivity index (χ4v) is 7.82. The molecule has 11 aromatic rings. The fraction of sp³-hybridized carbons (Fsp3) is 0. The van der Waals surface area contributed by atoms with Crippen LogP contribution >= 0.6 is 0 Å². The Morgan fingerprint density at radius 3 is 1.27 bits per heavy atom. The Labute approximate surface area is 272 Å². The molecule has 0 saturated heterocycles. The molecule has 0 aliphatic carbocycles. The minimum atomic E-state index is -0.0638. The van der Waals surface area contributed by atoms with Crippen LogP contribution in [0.5, 0.6) is 0 Å². The minimum Gasteiger partial charge on any atom is -0.456 e. The molecule has 0 spiro atoms. The number of para-hydroxylation sites is 5. The smallest absolute Gasteiger partial charge is 0.200 e. The molecule has 224 valence electrons. The highest BCUT2D eigenvalue weighted by molar-refractivity contribution is 6.15. The topological polar surface area (TPSA) is 53.2 Å². The van der Waals surface area contributed by atoms with Crippen LogP contribution in [0.2, 0.25) is 0 Å². The predicted molar refractivity (Wildman–Crippen MR) is 196 cm³/mol. The third-order valence-corrected chi connectivity index (χ3v) is 9.91. The molecule has 0 atom stereocenters. The van der Waals surface area contributed by atoms with Crippen LogP contribution in [0.15, 0.2) is 159 Å². The molecule has 5 heteroatoms. The third kappa shape index (κ3) is 3.32. The van der Waals surface area contributed by atoms with Crippen LogP contribution in [0.4, 0.5) is 0 Å². The number of nitrogens with zero attached hydrogens (tertiary/aromatic N) is 2. The Balaban J connectivity index is 1.33. The molecule has 5 nitrogen and oxygen atoms in total. The van der Waals surface area contributed by atoms with Gasteiger partial charge in [-0.3, -0.25) is 4.79 Å². The zero-order chi connectivity index (χ0) is 31.5. The maximum atomic E-state index is 13.6. The monoisotopic (exact) mass is 616 g/mol. The summed E-state index contributed by atoms with van der Waals surface area (Å²) in [6.45, 7) is 0. The van der Waals surface area contributed by atoms with Crippen molar-refractivity contribution in [2.75, 3.05) is 0 Å². The largest absolute Gasteiger partial charge is 0.456 e. The molecule has 0 unspecified atom stereocenters. The van der Waals surface area contributed by atoms with Crippen molar-refractivity contribution in [3.8, 4) is 11.4 Å². The Hall–Kier alpha value is -6.59. The summed E-state index contributed by atoms with van der Waals surface area (Å²) >= 11 is 0. The van der Waals surface area contributed by atoms with E-state index in [-0.39, 0.29) is 5.43 Å². The fourth-order valence-electron chi connectivity index (χ4n) is 7.82. The zero-order valence-corrected chi connectivity index (χ0v) is 25.5. The number of hydrogen-bond acceptors (Lipinski definition) is 3. The van der Waals surface area contributed by atoms with Crippen molar-refractivity contribution in [3.05, 3.63) is 156 Å². The highest BCUT2D eigenvalue weighted by atomic mass is 16.3. The quantitative estimate of drug-likeness (QED) is 0.182. The second-order valence-electron chi connectivity index (χ2n) is 12.5. The molecular weight excluding hydrogens is 592 g/mol. The van der Waals surface area contributed by atoms with E-state index in [1.165, 1.54) is 21.5 Å². The molecule has 0 N–H and O–H groups in total. The number of fused-ring (bicyclic) bond motifs is 11. The summed E-state index contributed by atoms with van der Waals surface area (Å²) in [6.07, 6.45) is 0. The number of aromatic nitrogens is 2. The molecule has 48 heavy (non-hydrogen) atoms. The average Bonchev–Trinajstić information content (AvgIpc) is 3.77. The maximum absolute atomic E-state index is 13.6. The van der Waals surface area contributed by atoms with Crippen molar-refractivity contribution in [2.45, 2.75) is 0 Å². The lowest BCUT2D eigenvalue weighted by Gasteiger charge is -2.17. The van der Waals surface area contributed by atoms with Gasteiger partial charge in [-0.2, -0.15) is 0 Å². The summed E-state index contributed by atoms with van der Waals surface area (Å²) in [6, 6.07) is 49.9. The Bertz CT molecular complexity index is 3100. The Kier molecular flexibility index (Phi) is 4.93. The molecule has 0 bridgehead atoms. The molecule has 0 amide bonds. The first-order valence-corrected chi connectivity index (χ1v) is 16.1. The summed E-state index contributed by atoms with van der Waals surface area (Å²) in [7, 11) is 0. The number of furan rings is 1. The molecule has 11 rings (SSSR count). The predicted octanol–water partition coefficient (Wildman–Crippen LogP) is 11.0. The summed E-state index contributed by atoms with van der Waals surface area (Å²) in [5.41, 5.74) is 8.92. The Morgan fingerprint density at radius 2 is 0.708 bits per heavy atom. The van der Waals surface area contributed by atoms with E-state index in [2.05, 4.69) is 118 Å². The van der Waals surface area contributed by atoms with Crippen molar-refractivity contribution < 1.29 is 8.83 Å². The van der Waals surface area contributed by atoms with Crippen LogP contribution in [0.3, 0.4) is 0 Å². The second-order valence-corrected chi connectivity index (χ2v) is 12.5. The Morgan fingerprint density at radius 1 is 0.333 bits per heavy atom. The highest BCUT2D eigenvalue weighted by Gasteiger charge is 2.22. The van der Waals surface area contributed by atoms with Gasteiger partial charge < -0.3 is 18.0 Å². The third-order valence-electron chi connectivity index (χ3n) is 9.91. The number of benzene rings is 7. The van der Waals surface area contributed by atoms with Gasteiger partial charge in [0, 0.05) is 38.4 Å². The highest BCUT2D eigenvalue weighted by Crippen LogP contribution is 2.42. The minimum absolute atomic E-state index is 0.0638. The van der Waals surface area contributed by atoms with Gasteiger partial charge in [-0.1, -0.05) is 84.9 Å². The van der Waals surface area contributed by atoms with E-state index in [1.54, 1.807) is 6.07 Å². The van der Waals surface area contributed by atoms with E-state index in [0.717, 1.165) is 49.8 Å². The van der Waals surface area contributed by atoms with Gasteiger partial charge in [0.25, 0.3) is 0 Å². The van der Waals surface area contributed by atoms with E-state index in [0.29, 0.717) is 27.5 Å². The van der Waals surface area contributed by atoms with Crippen LogP contribution in [0.25, 0.3) is 98.9 Å². The second kappa shape index (κ2) is 9.24. The standard InChI is InChI=1S/C43H24N2O3/c46-43-29-15-5-10-20-39(29)47-41-22-31-30-21-37(44-33-16-6-1-11-25(33)26-12-2-7-17-34(26)44)38(24-42(30)48-40(31)23-32(41)43)45-35-18-8-3-13-27(35)28-14-4-9-19-36(28)45/h1-24H. The molecule has 0 aliphatic rings. The van der Waals surface area contributed by atoms with Gasteiger partial charge in [0.1, 0.15) is 22.3 Å². The number of hydrogen-bond donors (Lipinski definition) is 0. The summed E-state index contributed by atoms with van der Waals surface area (Å²) in [5, 5.41) is 7.67. The molecule has 0 fully saturated rings. The molecule has 4 heterocycles. The van der Waals surface area contributed by atoms with Crippen LogP contribution in [-0.2, 0) is 0 Å². The van der Waals surface area contributed by atoms with Crippen LogP contribution < -0.4 is 5.43 Å². The van der Waals surface area contributed by atoms with Gasteiger partial charge in [-0.15, -0.1) is 0 Å². The van der Waals surface area contributed by atoms with E-state index in [1.807, 2.05) is 30.3 Å². The van der Waals surface area contributed by atoms with Crippen molar-refractivity contribution in [2.24, 2.45) is 0 Å². The van der Waals surface area contributed by atoms with E-state index >= 15 is 0 Å². The van der Waals surface area contributed by atoms with E-state index < -0.39 is 0 Å². The normalized spacial score (nSPS) is 12.2. The lowest BCUT2D eigenvalue weighted by Crippen LogP contribution is -2.03. The molecule has 0 radical (unpaired) electrons.